The maximum absolute atomic E-state index is 12.2. The van der Waals surface area contributed by atoms with E-state index in [4.69, 9.17) is 0 Å². The van der Waals surface area contributed by atoms with Crippen molar-refractivity contribution in [3.8, 4) is 0 Å². The number of hydrogen-bond donors (Lipinski definition) is 1. The number of rotatable bonds is 4. The molecular weight excluding hydrogens is 280 g/mol. The van der Waals surface area contributed by atoms with E-state index < -0.39 is 22.5 Å². The van der Waals surface area contributed by atoms with Gasteiger partial charge in [0.25, 0.3) is 0 Å². The molecule has 20 heavy (non-hydrogen) atoms. The molecule has 6 nitrogen and oxygen atoms in total. The molecule has 7 heteroatoms. The van der Waals surface area contributed by atoms with Crippen LogP contribution in [0.15, 0.2) is 35.4 Å². The molecule has 0 atom stereocenters. The van der Waals surface area contributed by atoms with Gasteiger partial charge >= 0.3 is 5.97 Å². The molecule has 0 radical (unpaired) electrons. The number of carbonyl (C=O) groups excluding carboxylic acids is 1. The van der Waals surface area contributed by atoms with Crippen molar-refractivity contribution < 1.29 is 17.9 Å². The number of nitrogens with zero attached hydrogens (tertiary/aromatic N) is 1. The normalized spacial score (nSPS) is 11.5. The van der Waals surface area contributed by atoms with E-state index >= 15 is 0 Å². The quantitative estimate of drug-likeness (QED) is 0.850. The molecular formula is C13H14N2O4S. The Bertz CT molecular complexity index is 756. The first-order valence-corrected chi connectivity index (χ1v) is 7.34. The second-order valence-corrected chi connectivity index (χ2v) is 5.98. The minimum Gasteiger partial charge on any atom is -0.468 e. The van der Waals surface area contributed by atoms with Gasteiger partial charge in [-0.1, -0.05) is 12.1 Å². The zero-order chi connectivity index (χ0) is 14.8. The largest absolute Gasteiger partial charge is 0.468 e. The maximum atomic E-state index is 12.2. The number of hydrogen-bond acceptors (Lipinski definition) is 5. The number of aryl methyl sites for hydroxylation is 1. The summed E-state index contributed by atoms with van der Waals surface area (Å²) in [5.74, 6) is -0.655. The Kier molecular flexibility index (Phi) is 4.01. The number of esters is 1. The molecule has 0 fully saturated rings. The summed E-state index contributed by atoms with van der Waals surface area (Å²) in [5, 5.41) is 0.728. The van der Waals surface area contributed by atoms with Crippen molar-refractivity contribution >= 4 is 26.9 Å². The Hall–Kier alpha value is -1.99. The third-order valence-corrected chi connectivity index (χ3v) is 4.17. The Labute approximate surface area is 116 Å². The van der Waals surface area contributed by atoms with Crippen molar-refractivity contribution in [2.75, 3.05) is 13.7 Å². The molecule has 0 saturated heterocycles. The maximum Gasteiger partial charge on any atom is 0.320 e. The highest BCUT2D eigenvalue weighted by Crippen LogP contribution is 2.21. The number of carbonyl (C=O) groups is 1. The van der Waals surface area contributed by atoms with Crippen LogP contribution in [0, 0.1) is 6.92 Å². The van der Waals surface area contributed by atoms with Gasteiger partial charge in [-0.2, -0.15) is 4.72 Å². The number of pyridine rings is 1. The molecule has 0 aliphatic heterocycles. The van der Waals surface area contributed by atoms with Crippen molar-refractivity contribution in [2.24, 2.45) is 0 Å². The molecule has 0 saturated carbocycles. The number of fused-ring (bicyclic) bond motifs is 1. The highest BCUT2D eigenvalue weighted by atomic mass is 32.2. The lowest BCUT2D eigenvalue weighted by Crippen LogP contribution is -2.30. The van der Waals surface area contributed by atoms with Crippen LogP contribution in [0.25, 0.3) is 10.9 Å². The zero-order valence-corrected chi connectivity index (χ0v) is 11.9. The van der Waals surface area contributed by atoms with Crippen molar-refractivity contribution in [2.45, 2.75) is 11.8 Å². The van der Waals surface area contributed by atoms with Crippen LogP contribution in [0.4, 0.5) is 0 Å². The number of sulfonamides is 1. The predicted molar refractivity (Wildman–Crippen MR) is 73.7 cm³/mol. The molecule has 106 valence electrons. The van der Waals surface area contributed by atoms with Crippen LogP contribution in [-0.4, -0.2) is 33.0 Å². The van der Waals surface area contributed by atoms with Gasteiger partial charge in [0.2, 0.25) is 10.0 Å². The van der Waals surface area contributed by atoms with Crippen molar-refractivity contribution in [3.63, 3.8) is 0 Å². The van der Waals surface area contributed by atoms with Gasteiger partial charge in [-0.3, -0.25) is 9.78 Å². The molecule has 0 aliphatic carbocycles. The molecule has 0 unspecified atom stereocenters. The van der Waals surface area contributed by atoms with Crippen LogP contribution < -0.4 is 4.72 Å². The van der Waals surface area contributed by atoms with Crippen LogP contribution in [0.1, 0.15) is 5.56 Å². The van der Waals surface area contributed by atoms with Gasteiger partial charge in [-0.25, -0.2) is 8.42 Å². The molecule has 0 aliphatic rings. The van der Waals surface area contributed by atoms with E-state index in [0.717, 1.165) is 10.9 Å². The van der Waals surface area contributed by atoms with Gasteiger partial charge in [-0.15, -0.1) is 0 Å². The van der Waals surface area contributed by atoms with Gasteiger partial charge in [0.15, 0.2) is 0 Å². The van der Waals surface area contributed by atoms with Crippen molar-refractivity contribution in [3.05, 3.63) is 36.0 Å². The van der Waals surface area contributed by atoms with Crippen LogP contribution >= 0.6 is 0 Å². The summed E-state index contributed by atoms with van der Waals surface area (Å²) in [4.78, 5) is 15.2. The second kappa shape index (κ2) is 5.56. The third kappa shape index (κ3) is 2.94. The van der Waals surface area contributed by atoms with Crippen molar-refractivity contribution in [1.29, 1.82) is 0 Å². The van der Waals surface area contributed by atoms with Gasteiger partial charge in [-0.05, 0) is 24.6 Å². The second-order valence-electron chi connectivity index (χ2n) is 4.24. The van der Waals surface area contributed by atoms with E-state index in [1.807, 2.05) is 13.0 Å². The Morgan fingerprint density at radius 2 is 2.15 bits per heavy atom. The highest BCUT2D eigenvalue weighted by Gasteiger charge is 2.19. The Morgan fingerprint density at radius 3 is 2.85 bits per heavy atom. The van der Waals surface area contributed by atoms with Crippen LogP contribution in [-0.2, 0) is 19.6 Å². The number of benzene rings is 1. The Morgan fingerprint density at radius 1 is 1.40 bits per heavy atom. The fraction of sp³-hybridized carbons (Fsp3) is 0.231. The lowest BCUT2D eigenvalue weighted by atomic mass is 10.2. The van der Waals surface area contributed by atoms with Crippen molar-refractivity contribution in [1.82, 2.24) is 9.71 Å². The van der Waals surface area contributed by atoms with E-state index in [-0.39, 0.29) is 4.90 Å². The number of para-hydroxylation sites is 1. The standard InChI is InChI=1S/C13H14N2O4S/c1-9-6-10-4-3-5-11(13(10)14-7-9)20(17,18)15-8-12(16)19-2/h3-7,15H,8H2,1-2H3. The van der Waals surface area contributed by atoms with E-state index in [9.17, 15) is 13.2 Å². The molecule has 0 amide bonds. The molecule has 1 heterocycles. The van der Waals surface area contributed by atoms with E-state index in [1.165, 1.54) is 13.2 Å². The van der Waals surface area contributed by atoms with E-state index in [0.29, 0.717) is 5.52 Å². The molecule has 2 aromatic rings. The summed E-state index contributed by atoms with van der Waals surface area (Å²) >= 11 is 0. The van der Waals surface area contributed by atoms with Crippen LogP contribution in [0.3, 0.4) is 0 Å². The van der Waals surface area contributed by atoms with Gasteiger partial charge < -0.3 is 4.74 Å². The smallest absolute Gasteiger partial charge is 0.320 e. The van der Waals surface area contributed by atoms with Crippen LogP contribution in [0.2, 0.25) is 0 Å². The molecule has 1 N–H and O–H groups in total. The fourth-order valence-corrected chi connectivity index (χ4v) is 2.91. The SMILES string of the molecule is COC(=O)CNS(=O)(=O)c1cccc2cc(C)cnc12. The summed E-state index contributed by atoms with van der Waals surface area (Å²) < 4.78 is 31.0. The first-order chi connectivity index (χ1) is 9.44. The fourth-order valence-electron chi connectivity index (χ4n) is 1.76. The third-order valence-electron chi connectivity index (χ3n) is 2.73. The average molecular weight is 294 g/mol. The van der Waals surface area contributed by atoms with E-state index in [2.05, 4.69) is 14.4 Å². The van der Waals surface area contributed by atoms with Gasteiger partial charge in [0, 0.05) is 11.6 Å². The topological polar surface area (TPSA) is 85.4 Å². The lowest BCUT2D eigenvalue weighted by molar-refractivity contribution is -0.139. The van der Waals surface area contributed by atoms with E-state index in [1.54, 1.807) is 18.3 Å². The summed E-state index contributed by atoms with van der Waals surface area (Å²) in [6.07, 6.45) is 1.60. The summed E-state index contributed by atoms with van der Waals surface area (Å²) in [7, 11) is -2.62. The molecule has 0 spiro atoms. The lowest BCUT2D eigenvalue weighted by Gasteiger charge is -2.08. The average Bonchev–Trinajstić information content (AvgIpc) is 2.43. The van der Waals surface area contributed by atoms with Gasteiger partial charge in [0.1, 0.15) is 11.4 Å². The molecule has 1 aromatic carbocycles. The summed E-state index contributed by atoms with van der Waals surface area (Å²) in [6.45, 7) is 1.46. The minimum absolute atomic E-state index is 0.0407. The number of aromatic nitrogens is 1. The Balaban J connectivity index is 2.44. The zero-order valence-electron chi connectivity index (χ0n) is 11.1. The summed E-state index contributed by atoms with van der Waals surface area (Å²) in [6, 6.07) is 6.72. The summed E-state index contributed by atoms with van der Waals surface area (Å²) in [5.41, 5.74) is 1.31. The van der Waals surface area contributed by atoms with Crippen LogP contribution in [0.5, 0.6) is 0 Å². The molecule has 2 rings (SSSR count). The van der Waals surface area contributed by atoms with Gasteiger partial charge in [0.05, 0.1) is 12.6 Å². The minimum atomic E-state index is -3.82. The number of nitrogens with one attached hydrogen (secondary N) is 1. The first-order valence-electron chi connectivity index (χ1n) is 5.86. The molecule has 1 aromatic heterocycles. The molecule has 0 bridgehead atoms. The predicted octanol–water partition coefficient (Wildman–Crippen LogP) is 0.995. The monoisotopic (exact) mass is 294 g/mol. The first kappa shape index (κ1) is 14.4. The number of methoxy groups -OCH3 is 1. The highest BCUT2D eigenvalue weighted by molar-refractivity contribution is 7.89. The number of ether oxygens (including phenoxy) is 1.